The summed E-state index contributed by atoms with van der Waals surface area (Å²) in [5.74, 6) is 2.01. The third kappa shape index (κ3) is 3.06. The lowest BCUT2D eigenvalue weighted by Crippen LogP contribution is -1.99. The van der Waals surface area contributed by atoms with Gasteiger partial charge in [-0.25, -0.2) is 4.98 Å². The van der Waals surface area contributed by atoms with Crippen LogP contribution in [0.4, 0.5) is 0 Å². The maximum atomic E-state index is 12.4. The van der Waals surface area contributed by atoms with Gasteiger partial charge in [0.1, 0.15) is 11.5 Å². The predicted molar refractivity (Wildman–Crippen MR) is 82.9 cm³/mol. The van der Waals surface area contributed by atoms with E-state index in [-0.39, 0.29) is 5.75 Å². The van der Waals surface area contributed by atoms with E-state index in [2.05, 4.69) is 4.98 Å². The molecule has 0 radical (unpaired) electrons. The van der Waals surface area contributed by atoms with Gasteiger partial charge in [0.2, 0.25) is 5.89 Å². The van der Waals surface area contributed by atoms with Crippen molar-refractivity contribution in [2.75, 3.05) is 7.11 Å². The topological polar surface area (TPSA) is 52.3 Å². The van der Waals surface area contributed by atoms with Crippen molar-refractivity contribution < 1.29 is 13.4 Å². The molecule has 108 valence electrons. The van der Waals surface area contributed by atoms with Gasteiger partial charge in [-0.15, -0.1) is 11.3 Å². The van der Waals surface area contributed by atoms with E-state index < -0.39 is 10.8 Å². The first kappa shape index (κ1) is 14.0. The van der Waals surface area contributed by atoms with Gasteiger partial charge in [0, 0.05) is 0 Å². The van der Waals surface area contributed by atoms with E-state index in [1.54, 1.807) is 36.8 Å². The Kier molecular flexibility index (Phi) is 4.17. The summed E-state index contributed by atoms with van der Waals surface area (Å²) in [5, 5.41) is 1.98. The Hall–Kier alpha value is -1.92. The van der Waals surface area contributed by atoms with Crippen LogP contribution in [0.2, 0.25) is 0 Å². The van der Waals surface area contributed by atoms with Crippen LogP contribution in [-0.2, 0) is 16.6 Å². The van der Waals surface area contributed by atoms with Crippen LogP contribution in [0.5, 0.6) is 5.75 Å². The van der Waals surface area contributed by atoms with Gasteiger partial charge in [0.05, 0.1) is 33.9 Å². The van der Waals surface area contributed by atoms with Crippen molar-refractivity contribution in [1.82, 2.24) is 4.98 Å². The fourth-order valence-corrected chi connectivity index (χ4v) is 3.70. The average molecular weight is 319 g/mol. The smallest absolute Gasteiger partial charge is 0.207 e. The van der Waals surface area contributed by atoms with Crippen molar-refractivity contribution in [3.05, 3.63) is 53.9 Å². The Morgan fingerprint density at radius 3 is 2.90 bits per heavy atom. The van der Waals surface area contributed by atoms with Gasteiger partial charge in [0.15, 0.2) is 5.76 Å². The lowest BCUT2D eigenvalue weighted by molar-refractivity contribution is 0.404. The first-order valence-corrected chi connectivity index (χ1v) is 8.48. The summed E-state index contributed by atoms with van der Waals surface area (Å²) < 4.78 is 23.3. The van der Waals surface area contributed by atoms with Crippen molar-refractivity contribution in [2.24, 2.45) is 0 Å². The zero-order valence-electron chi connectivity index (χ0n) is 11.3. The predicted octanol–water partition coefficient (Wildman–Crippen LogP) is 3.72. The second-order valence-corrected chi connectivity index (χ2v) is 6.60. The van der Waals surface area contributed by atoms with Gasteiger partial charge in [-0.1, -0.05) is 18.2 Å². The molecule has 0 aliphatic rings. The van der Waals surface area contributed by atoms with Gasteiger partial charge < -0.3 is 9.15 Å². The number of benzene rings is 1. The van der Waals surface area contributed by atoms with Crippen LogP contribution in [-0.4, -0.2) is 16.3 Å². The third-order valence-corrected chi connectivity index (χ3v) is 5.11. The molecule has 2 heterocycles. The Labute approximate surface area is 128 Å². The molecule has 0 saturated carbocycles. The number of thiophene rings is 1. The van der Waals surface area contributed by atoms with Crippen LogP contribution < -0.4 is 4.74 Å². The minimum absolute atomic E-state index is 0.228. The maximum absolute atomic E-state index is 12.4. The molecule has 2 aromatic heterocycles. The zero-order chi connectivity index (χ0) is 14.7. The molecule has 21 heavy (non-hydrogen) atoms. The lowest BCUT2D eigenvalue weighted by Gasteiger charge is -2.06. The summed E-state index contributed by atoms with van der Waals surface area (Å²) in [6.45, 7) is 0. The molecule has 0 bridgehead atoms. The monoisotopic (exact) mass is 319 g/mol. The van der Waals surface area contributed by atoms with Crippen molar-refractivity contribution in [1.29, 1.82) is 0 Å². The average Bonchev–Trinajstić information content (AvgIpc) is 3.17. The van der Waals surface area contributed by atoms with Gasteiger partial charge in [0.25, 0.3) is 0 Å². The summed E-state index contributed by atoms with van der Waals surface area (Å²) >= 11 is 1.58. The van der Waals surface area contributed by atoms with Crippen LogP contribution in [0.1, 0.15) is 5.89 Å². The van der Waals surface area contributed by atoms with E-state index in [0.29, 0.717) is 22.3 Å². The zero-order valence-corrected chi connectivity index (χ0v) is 12.9. The van der Waals surface area contributed by atoms with E-state index in [9.17, 15) is 4.21 Å². The standard InChI is InChI=1S/C15H13NO3S2/c1-18-11-5-2-3-7-14(11)21(17)10-15-16-9-12(19-15)13-6-4-8-20-13/h2-9H,10H2,1H3. The second-order valence-electron chi connectivity index (χ2n) is 4.24. The Bertz CT molecular complexity index is 750. The van der Waals surface area contributed by atoms with Crippen molar-refractivity contribution in [3.63, 3.8) is 0 Å². The third-order valence-electron chi connectivity index (χ3n) is 2.89. The van der Waals surface area contributed by atoms with E-state index >= 15 is 0 Å². The molecule has 0 aliphatic heterocycles. The van der Waals surface area contributed by atoms with Crippen LogP contribution in [0, 0.1) is 0 Å². The van der Waals surface area contributed by atoms with Gasteiger partial charge in [-0.2, -0.15) is 0 Å². The maximum Gasteiger partial charge on any atom is 0.207 e. The molecule has 0 spiro atoms. The molecular formula is C15H13NO3S2. The molecule has 1 unspecified atom stereocenters. The molecule has 4 nitrogen and oxygen atoms in total. The minimum Gasteiger partial charge on any atom is -0.495 e. The van der Waals surface area contributed by atoms with E-state index in [1.807, 2.05) is 29.6 Å². The number of ether oxygens (including phenoxy) is 1. The highest BCUT2D eigenvalue weighted by Gasteiger charge is 2.14. The summed E-state index contributed by atoms with van der Waals surface area (Å²) in [6, 6.07) is 11.2. The second kappa shape index (κ2) is 6.24. The lowest BCUT2D eigenvalue weighted by atomic mass is 10.3. The molecule has 1 atom stereocenters. The van der Waals surface area contributed by atoms with Crippen molar-refractivity contribution >= 4 is 22.1 Å². The van der Waals surface area contributed by atoms with Gasteiger partial charge in [-0.05, 0) is 23.6 Å². The van der Waals surface area contributed by atoms with Crippen molar-refractivity contribution in [3.8, 4) is 16.4 Å². The summed E-state index contributed by atoms with van der Waals surface area (Å²) in [6.07, 6.45) is 1.67. The number of hydrogen-bond donors (Lipinski definition) is 0. The number of para-hydroxylation sites is 1. The van der Waals surface area contributed by atoms with Crippen LogP contribution in [0.25, 0.3) is 10.6 Å². The molecule has 0 fully saturated rings. The number of methoxy groups -OCH3 is 1. The number of oxazole rings is 1. The van der Waals surface area contributed by atoms with Gasteiger partial charge in [-0.3, -0.25) is 4.21 Å². The highest BCUT2D eigenvalue weighted by atomic mass is 32.2. The normalized spacial score (nSPS) is 12.2. The SMILES string of the molecule is COc1ccccc1S(=O)Cc1ncc(-c2cccs2)o1. The van der Waals surface area contributed by atoms with E-state index in [0.717, 1.165) is 4.88 Å². The van der Waals surface area contributed by atoms with Crippen LogP contribution >= 0.6 is 11.3 Å². The molecular weight excluding hydrogens is 306 g/mol. The van der Waals surface area contributed by atoms with E-state index in [4.69, 9.17) is 9.15 Å². The summed E-state index contributed by atoms with van der Waals surface area (Å²) in [7, 11) is 0.308. The Morgan fingerprint density at radius 1 is 1.29 bits per heavy atom. The van der Waals surface area contributed by atoms with Crippen LogP contribution in [0.15, 0.2) is 57.3 Å². The Balaban J connectivity index is 1.79. The quantitative estimate of drug-likeness (QED) is 0.719. The van der Waals surface area contributed by atoms with E-state index in [1.165, 1.54) is 0 Å². The molecule has 1 aromatic carbocycles. The highest BCUT2D eigenvalue weighted by Crippen LogP contribution is 2.27. The number of aromatic nitrogens is 1. The number of rotatable bonds is 5. The van der Waals surface area contributed by atoms with Gasteiger partial charge >= 0.3 is 0 Å². The molecule has 3 rings (SSSR count). The fourth-order valence-electron chi connectivity index (χ4n) is 1.91. The molecule has 0 saturated heterocycles. The fraction of sp³-hybridized carbons (Fsp3) is 0.133. The molecule has 3 aromatic rings. The first-order chi connectivity index (χ1) is 10.3. The minimum atomic E-state index is -1.26. The first-order valence-electron chi connectivity index (χ1n) is 6.28. The summed E-state index contributed by atoms with van der Waals surface area (Å²) in [4.78, 5) is 5.86. The van der Waals surface area contributed by atoms with Crippen molar-refractivity contribution in [2.45, 2.75) is 10.6 Å². The molecule has 0 amide bonds. The largest absolute Gasteiger partial charge is 0.495 e. The molecule has 0 aliphatic carbocycles. The Morgan fingerprint density at radius 2 is 2.14 bits per heavy atom. The number of hydrogen-bond acceptors (Lipinski definition) is 5. The van der Waals surface area contributed by atoms with Crippen LogP contribution in [0.3, 0.4) is 0 Å². The molecule has 6 heteroatoms. The number of nitrogens with zero attached hydrogens (tertiary/aromatic N) is 1. The highest BCUT2D eigenvalue weighted by molar-refractivity contribution is 7.84. The summed E-state index contributed by atoms with van der Waals surface area (Å²) in [5.41, 5.74) is 0. The molecule has 0 N–H and O–H groups in total.